The van der Waals surface area contributed by atoms with Crippen LogP contribution in [-0.4, -0.2) is 11.6 Å². The van der Waals surface area contributed by atoms with E-state index in [0.29, 0.717) is 5.92 Å². The van der Waals surface area contributed by atoms with Crippen molar-refractivity contribution in [2.24, 2.45) is 5.92 Å². The smallest absolute Gasteiger partial charge is 0.0762 e. The molecule has 114 valence electrons. The molecule has 2 nitrogen and oxygen atoms in total. The summed E-state index contributed by atoms with van der Waals surface area (Å²) in [6, 6.07) is 13.5. The Labute approximate surface area is 141 Å². The molecule has 0 aliphatic heterocycles. The van der Waals surface area contributed by atoms with Crippen LogP contribution < -0.4 is 0 Å². The van der Waals surface area contributed by atoms with E-state index in [4.69, 9.17) is 4.74 Å². The summed E-state index contributed by atoms with van der Waals surface area (Å²) in [6.45, 7) is 7.33. The van der Waals surface area contributed by atoms with E-state index in [9.17, 15) is 0 Å². The topological polar surface area (TPSA) is 22.1 Å². The van der Waals surface area contributed by atoms with E-state index < -0.39 is 5.60 Å². The fourth-order valence-electron chi connectivity index (χ4n) is 2.75. The van der Waals surface area contributed by atoms with E-state index >= 15 is 0 Å². The fraction of sp³-hybridized carbons (Fsp3) is 0.389. The van der Waals surface area contributed by atoms with Gasteiger partial charge in [-0.1, -0.05) is 31.9 Å². The molecule has 1 heterocycles. The van der Waals surface area contributed by atoms with Gasteiger partial charge in [0.25, 0.3) is 0 Å². The van der Waals surface area contributed by atoms with Gasteiger partial charge in [-0.3, -0.25) is 0 Å². The minimum absolute atomic E-state index is 0. The summed E-state index contributed by atoms with van der Waals surface area (Å²) in [5.74, 6) is 0.559. The third-order valence-corrected chi connectivity index (χ3v) is 4.28. The number of pyridine rings is 1. The van der Waals surface area contributed by atoms with Crippen molar-refractivity contribution in [2.75, 3.05) is 6.61 Å². The third-order valence-electron chi connectivity index (χ3n) is 4.28. The zero-order valence-electron chi connectivity index (χ0n) is 12.6. The van der Waals surface area contributed by atoms with Crippen LogP contribution >= 0.6 is 0 Å². The van der Waals surface area contributed by atoms with Gasteiger partial charge in [-0.05, 0) is 30.2 Å². The van der Waals surface area contributed by atoms with Crippen LogP contribution in [0.25, 0.3) is 11.3 Å². The SMILES string of the molecule is CCC(C)COC1(C)c2ccc[c-]c2-c2ncccc21.[Pt]. The van der Waals surface area contributed by atoms with E-state index in [1.807, 2.05) is 24.4 Å². The molecular formula is C18H20NOPt-. The minimum Gasteiger partial charge on any atom is -0.376 e. The number of rotatable bonds is 4. The van der Waals surface area contributed by atoms with Crippen molar-refractivity contribution in [2.45, 2.75) is 32.8 Å². The van der Waals surface area contributed by atoms with Crippen molar-refractivity contribution >= 4 is 0 Å². The van der Waals surface area contributed by atoms with Gasteiger partial charge >= 0.3 is 0 Å². The van der Waals surface area contributed by atoms with E-state index in [0.717, 1.165) is 29.8 Å². The Balaban J connectivity index is 0.00000161. The van der Waals surface area contributed by atoms with Crippen molar-refractivity contribution in [3.05, 3.63) is 53.7 Å². The van der Waals surface area contributed by atoms with Crippen LogP contribution in [-0.2, 0) is 31.4 Å². The molecule has 0 radical (unpaired) electrons. The monoisotopic (exact) mass is 461 g/mol. The summed E-state index contributed by atoms with van der Waals surface area (Å²) < 4.78 is 6.34. The maximum atomic E-state index is 6.34. The number of aromatic nitrogens is 1. The van der Waals surface area contributed by atoms with E-state index in [-0.39, 0.29) is 21.1 Å². The van der Waals surface area contributed by atoms with E-state index in [2.05, 4.69) is 44.0 Å². The van der Waals surface area contributed by atoms with Gasteiger partial charge in [0.05, 0.1) is 5.60 Å². The Morgan fingerprint density at radius 2 is 2.05 bits per heavy atom. The molecule has 3 rings (SSSR count). The summed E-state index contributed by atoms with van der Waals surface area (Å²) in [6.07, 6.45) is 2.97. The molecule has 1 aliphatic carbocycles. The van der Waals surface area contributed by atoms with Gasteiger partial charge in [-0.25, -0.2) is 0 Å². The van der Waals surface area contributed by atoms with E-state index in [1.165, 1.54) is 5.56 Å². The zero-order valence-corrected chi connectivity index (χ0v) is 14.9. The number of hydrogen-bond acceptors (Lipinski definition) is 2. The van der Waals surface area contributed by atoms with Gasteiger partial charge in [-0.15, -0.1) is 29.8 Å². The predicted molar refractivity (Wildman–Crippen MR) is 80.4 cm³/mol. The predicted octanol–water partition coefficient (Wildman–Crippen LogP) is 4.19. The van der Waals surface area contributed by atoms with Gasteiger partial charge in [0.2, 0.25) is 0 Å². The van der Waals surface area contributed by atoms with Crippen LogP contribution in [0.15, 0.2) is 36.5 Å². The first-order valence-electron chi connectivity index (χ1n) is 7.27. The fourth-order valence-corrected chi connectivity index (χ4v) is 2.75. The molecule has 0 saturated carbocycles. The molecule has 1 aromatic heterocycles. The molecule has 2 atom stereocenters. The van der Waals surface area contributed by atoms with Crippen molar-refractivity contribution in [1.82, 2.24) is 4.98 Å². The molecule has 1 aliphatic rings. The molecule has 2 aromatic rings. The molecule has 0 saturated heterocycles. The first-order chi connectivity index (χ1) is 9.66. The number of fused-ring (bicyclic) bond motifs is 3. The second-order valence-corrected chi connectivity index (χ2v) is 5.72. The molecule has 21 heavy (non-hydrogen) atoms. The second-order valence-electron chi connectivity index (χ2n) is 5.72. The largest absolute Gasteiger partial charge is 0.376 e. The van der Waals surface area contributed by atoms with Gasteiger partial charge in [-0.2, -0.15) is 0 Å². The zero-order chi connectivity index (χ0) is 14.2. The molecule has 0 N–H and O–H groups in total. The molecule has 0 spiro atoms. The number of hydrogen-bond donors (Lipinski definition) is 0. The summed E-state index contributed by atoms with van der Waals surface area (Å²) in [4.78, 5) is 4.53. The second kappa shape index (κ2) is 6.42. The maximum Gasteiger partial charge on any atom is 0.0762 e. The molecule has 3 heteroatoms. The van der Waals surface area contributed by atoms with Crippen molar-refractivity contribution in [3.8, 4) is 11.3 Å². The standard InChI is InChI=1S/C18H20NO.Pt/c1-4-13(2)12-20-18(3)15-9-6-5-8-14(15)17-16(18)10-7-11-19-17;/h5-7,9-11,13H,4,12H2,1-3H3;/q-1;. The molecule has 2 unspecified atom stereocenters. The summed E-state index contributed by atoms with van der Waals surface area (Å²) in [5.41, 5.74) is 4.02. The number of benzene rings is 1. The minimum atomic E-state index is -0.403. The van der Waals surface area contributed by atoms with Crippen LogP contribution in [0.2, 0.25) is 0 Å². The van der Waals surface area contributed by atoms with Crippen molar-refractivity contribution < 1.29 is 25.8 Å². The Bertz CT molecular complexity index is 581. The first-order valence-corrected chi connectivity index (χ1v) is 7.27. The van der Waals surface area contributed by atoms with Crippen LogP contribution in [0.5, 0.6) is 0 Å². The molecular weight excluding hydrogens is 441 g/mol. The molecule has 0 bridgehead atoms. The Kier molecular flexibility index (Phi) is 5.01. The first kappa shape index (κ1) is 16.4. The molecule has 0 fully saturated rings. The maximum absolute atomic E-state index is 6.34. The molecule has 0 amide bonds. The Morgan fingerprint density at radius 1 is 1.29 bits per heavy atom. The Morgan fingerprint density at radius 3 is 2.81 bits per heavy atom. The number of ether oxygens (including phenoxy) is 1. The summed E-state index contributed by atoms with van der Waals surface area (Å²) >= 11 is 0. The van der Waals surface area contributed by atoms with Crippen LogP contribution in [0.4, 0.5) is 0 Å². The normalized spacial score (nSPS) is 20.3. The van der Waals surface area contributed by atoms with Gasteiger partial charge in [0.1, 0.15) is 0 Å². The average molecular weight is 461 g/mol. The average Bonchev–Trinajstić information content (AvgIpc) is 2.76. The van der Waals surface area contributed by atoms with Crippen molar-refractivity contribution in [3.63, 3.8) is 0 Å². The summed E-state index contributed by atoms with van der Waals surface area (Å²) in [5, 5.41) is 0. The van der Waals surface area contributed by atoms with E-state index in [1.54, 1.807) is 0 Å². The van der Waals surface area contributed by atoms with Crippen LogP contribution in [0.3, 0.4) is 0 Å². The van der Waals surface area contributed by atoms with Crippen molar-refractivity contribution in [1.29, 1.82) is 0 Å². The van der Waals surface area contributed by atoms with Crippen LogP contribution in [0, 0.1) is 12.0 Å². The summed E-state index contributed by atoms with van der Waals surface area (Å²) in [7, 11) is 0. The Hall–Kier alpha value is -0.982. The molecule has 1 aromatic carbocycles. The van der Waals surface area contributed by atoms with Gasteiger partial charge in [0.15, 0.2) is 0 Å². The number of nitrogens with zero attached hydrogens (tertiary/aromatic N) is 1. The van der Waals surface area contributed by atoms with Crippen LogP contribution in [0.1, 0.15) is 38.3 Å². The quantitative estimate of drug-likeness (QED) is 0.638. The van der Waals surface area contributed by atoms with Gasteiger partial charge in [0, 0.05) is 33.9 Å². The van der Waals surface area contributed by atoms with Gasteiger partial charge < -0.3 is 9.72 Å². The third kappa shape index (κ3) is 2.72.